The molecule has 2 aromatic carbocycles. The summed E-state index contributed by atoms with van der Waals surface area (Å²) in [6.45, 7) is 4.17. The highest BCUT2D eigenvalue weighted by atomic mass is 35.5. The fraction of sp³-hybridized carbons (Fsp3) is 0.364. The predicted octanol–water partition coefficient (Wildman–Crippen LogP) is 4.67. The minimum atomic E-state index is -0.425. The zero-order valence-corrected chi connectivity index (χ0v) is 17.8. The van der Waals surface area contributed by atoms with E-state index in [0.717, 1.165) is 17.1 Å². The molecule has 0 bridgehead atoms. The van der Waals surface area contributed by atoms with Gasteiger partial charge in [-0.05, 0) is 29.2 Å². The monoisotopic (exact) mass is 419 g/mol. The Kier molecular flexibility index (Phi) is 9.38. The largest absolute Gasteiger partial charge is 0.455 e. The fourth-order valence-corrected chi connectivity index (χ4v) is 3.71. The van der Waals surface area contributed by atoms with Gasteiger partial charge in [-0.25, -0.2) is 0 Å². The number of rotatable bonds is 10. The maximum Gasteiger partial charge on any atom is 0.314 e. The molecule has 2 aromatic rings. The fourth-order valence-electron chi connectivity index (χ4n) is 2.77. The molecule has 0 fully saturated rings. The van der Waals surface area contributed by atoms with Crippen LogP contribution < -0.4 is 5.32 Å². The van der Waals surface area contributed by atoms with Crippen LogP contribution in [0.15, 0.2) is 54.6 Å². The van der Waals surface area contributed by atoms with E-state index in [9.17, 15) is 9.59 Å². The van der Waals surface area contributed by atoms with E-state index in [1.807, 2.05) is 44.2 Å². The highest BCUT2D eigenvalue weighted by Crippen LogP contribution is 2.27. The summed E-state index contributed by atoms with van der Waals surface area (Å²) in [5, 5.41) is 3.40. The molecule has 1 atom stereocenters. The van der Waals surface area contributed by atoms with Gasteiger partial charge in [0.1, 0.15) is 0 Å². The van der Waals surface area contributed by atoms with Gasteiger partial charge >= 0.3 is 5.97 Å². The van der Waals surface area contributed by atoms with Crippen LogP contribution >= 0.6 is 23.4 Å². The molecule has 0 radical (unpaired) electrons. The molecule has 0 spiro atoms. The molecule has 0 saturated heterocycles. The summed E-state index contributed by atoms with van der Waals surface area (Å²) >= 11 is 7.66. The number of esters is 1. The third kappa shape index (κ3) is 7.56. The van der Waals surface area contributed by atoms with Crippen LogP contribution in [0.1, 0.15) is 30.9 Å². The van der Waals surface area contributed by atoms with Gasteiger partial charge < -0.3 is 10.1 Å². The molecule has 0 saturated carbocycles. The number of amides is 1. The van der Waals surface area contributed by atoms with Crippen LogP contribution in [-0.4, -0.2) is 30.8 Å². The van der Waals surface area contributed by atoms with Crippen molar-refractivity contribution in [1.29, 1.82) is 0 Å². The van der Waals surface area contributed by atoms with Crippen LogP contribution in [0.25, 0.3) is 0 Å². The second-order valence-electron chi connectivity index (χ2n) is 6.77. The zero-order chi connectivity index (χ0) is 20.4. The Balaban J connectivity index is 1.70. The van der Waals surface area contributed by atoms with Crippen molar-refractivity contribution < 1.29 is 14.3 Å². The molecule has 150 valence electrons. The van der Waals surface area contributed by atoms with Gasteiger partial charge in [-0.3, -0.25) is 9.59 Å². The lowest BCUT2D eigenvalue weighted by atomic mass is 9.88. The lowest BCUT2D eigenvalue weighted by Crippen LogP contribution is -2.32. The maximum absolute atomic E-state index is 12.5. The molecule has 1 amide bonds. The normalized spacial score (nSPS) is 11.9. The number of benzene rings is 2. The van der Waals surface area contributed by atoms with Crippen molar-refractivity contribution in [2.24, 2.45) is 5.92 Å². The molecular formula is C22H26ClNO3S. The van der Waals surface area contributed by atoms with Crippen LogP contribution in [0.2, 0.25) is 5.02 Å². The van der Waals surface area contributed by atoms with Crippen molar-refractivity contribution in [3.63, 3.8) is 0 Å². The van der Waals surface area contributed by atoms with E-state index in [0.29, 0.717) is 11.6 Å². The first-order valence-electron chi connectivity index (χ1n) is 9.28. The van der Waals surface area contributed by atoms with E-state index in [1.165, 1.54) is 5.56 Å². The molecule has 0 aliphatic rings. The summed E-state index contributed by atoms with van der Waals surface area (Å²) < 4.78 is 5.25. The number of hydrogen-bond donors (Lipinski definition) is 1. The average molecular weight is 420 g/mol. The Morgan fingerprint density at radius 3 is 2.39 bits per heavy atom. The Bertz CT molecular complexity index is 750. The van der Waals surface area contributed by atoms with Gasteiger partial charge in [-0.2, -0.15) is 11.8 Å². The van der Waals surface area contributed by atoms with Crippen LogP contribution in [0.5, 0.6) is 0 Å². The van der Waals surface area contributed by atoms with Gasteiger partial charge in [0.2, 0.25) is 0 Å². The van der Waals surface area contributed by atoms with Gasteiger partial charge in [0.15, 0.2) is 6.61 Å². The first-order chi connectivity index (χ1) is 13.5. The number of carbonyl (C=O) groups excluding carboxylic acids is 2. The predicted molar refractivity (Wildman–Crippen MR) is 116 cm³/mol. The lowest BCUT2D eigenvalue weighted by molar-refractivity contribution is -0.151. The Labute approximate surface area is 176 Å². The number of thioether (sulfide) groups is 1. The topological polar surface area (TPSA) is 55.4 Å². The molecule has 0 aromatic heterocycles. The van der Waals surface area contributed by atoms with E-state index in [-0.39, 0.29) is 18.4 Å². The van der Waals surface area contributed by atoms with Gasteiger partial charge in [0, 0.05) is 23.1 Å². The van der Waals surface area contributed by atoms with Crippen molar-refractivity contribution in [3.8, 4) is 0 Å². The maximum atomic E-state index is 12.5. The summed E-state index contributed by atoms with van der Waals surface area (Å²) in [5.41, 5.74) is 2.09. The van der Waals surface area contributed by atoms with Gasteiger partial charge in [0.25, 0.3) is 5.91 Å². The van der Waals surface area contributed by atoms with E-state index < -0.39 is 11.9 Å². The third-order valence-electron chi connectivity index (χ3n) is 4.18. The average Bonchev–Trinajstić information content (AvgIpc) is 2.68. The van der Waals surface area contributed by atoms with Crippen LogP contribution in [-0.2, 0) is 20.1 Å². The molecule has 1 N–H and O–H groups in total. The molecule has 0 aliphatic carbocycles. The molecular weight excluding hydrogens is 394 g/mol. The first-order valence-corrected chi connectivity index (χ1v) is 10.8. The van der Waals surface area contributed by atoms with E-state index in [2.05, 4.69) is 17.4 Å². The molecule has 0 heterocycles. The van der Waals surface area contributed by atoms with Crippen molar-refractivity contribution in [1.82, 2.24) is 5.32 Å². The lowest BCUT2D eigenvalue weighted by Gasteiger charge is -2.19. The van der Waals surface area contributed by atoms with Crippen molar-refractivity contribution in [2.75, 3.05) is 18.9 Å². The van der Waals surface area contributed by atoms with Crippen molar-refractivity contribution >= 4 is 35.2 Å². The number of carbonyl (C=O) groups is 2. The van der Waals surface area contributed by atoms with Gasteiger partial charge in [0.05, 0.1) is 5.92 Å². The molecule has 4 nitrogen and oxygen atoms in total. The molecule has 0 unspecified atom stereocenters. The quantitative estimate of drug-likeness (QED) is 0.449. The second-order valence-corrected chi connectivity index (χ2v) is 8.31. The third-order valence-corrected chi connectivity index (χ3v) is 5.46. The van der Waals surface area contributed by atoms with E-state index >= 15 is 0 Å². The minimum Gasteiger partial charge on any atom is -0.455 e. The smallest absolute Gasteiger partial charge is 0.314 e. The SMILES string of the molecule is CC(C)[C@H](C(=O)OCC(=O)NCCSCc1ccccc1)c1ccc(Cl)cc1. The van der Waals surface area contributed by atoms with Gasteiger partial charge in [-0.1, -0.05) is 67.9 Å². The van der Waals surface area contributed by atoms with Crippen molar-refractivity contribution in [2.45, 2.75) is 25.5 Å². The highest BCUT2D eigenvalue weighted by molar-refractivity contribution is 7.98. The first kappa shape index (κ1) is 22.3. The number of ether oxygens (including phenoxy) is 1. The summed E-state index contributed by atoms with van der Waals surface area (Å²) in [5.74, 6) is 0.646. The highest BCUT2D eigenvalue weighted by Gasteiger charge is 2.26. The molecule has 6 heteroatoms. The van der Waals surface area contributed by atoms with Crippen LogP contribution in [0, 0.1) is 5.92 Å². The molecule has 2 rings (SSSR count). The van der Waals surface area contributed by atoms with E-state index in [4.69, 9.17) is 16.3 Å². The summed E-state index contributed by atoms with van der Waals surface area (Å²) in [7, 11) is 0. The molecule has 28 heavy (non-hydrogen) atoms. The Morgan fingerprint density at radius 1 is 1.07 bits per heavy atom. The van der Waals surface area contributed by atoms with Crippen molar-refractivity contribution in [3.05, 3.63) is 70.7 Å². The second kappa shape index (κ2) is 11.8. The van der Waals surface area contributed by atoms with Crippen LogP contribution in [0.4, 0.5) is 0 Å². The van der Waals surface area contributed by atoms with E-state index in [1.54, 1.807) is 23.9 Å². The summed E-state index contributed by atoms with van der Waals surface area (Å²) in [4.78, 5) is 24.4. The summed E-state index contributed by atoms with van der Waals surface area (Å²) in [6.07, 6.45) is 0. The van der Waals surface area contributed by atoms with Crippen LogP contribution in [0.3, 0.4) is 0 Å². The minimum absolute atomic E-state index is 0.0473. The standard InChI is InChI=1S/C22H26ClNO3S/c1-16(2)21(18-8-10-19(23)11-9-18)22(26)27-14-20(25)24-12-13-28-15-17-6-4-3-5-7-17/h3-11,16,21H,12-15H2,1-2H3,(H,24,25)/t21-/m0/s1. The number of hydrogen-bond acceptors (Lipinski definition) is 4. The Morgan fingerprint density at radius 2 is 1.75 bits per heavy atom. The Hall–Kier alpha value is -1.98. The zero-order valence-electron chi connectivity index (χ0n) is 16.2. The van der Waals surface area contributed by atoms with Gasteiger partial charge in [-0.15, -0.1) is 0 Å². The number of halogens is 1. The summed E-state index contributed by atoms with van der Waals surface area (Å²) in [6, 6.07) is 17.3. The number of nitrogens with one attached hydrogen (secondary N) is 1. The molecule has 0 aliphatic heterocycles.